The summed E-state index contributed by atoms with van der Waals surface area (Å²) in [5.74, 6) is -0.680. The van der Waals surface area contributed by atoms with Gasteiger partial charge in [0.1, 0.15) is 5.00 Å². The maximum Gasteiger partial charge on any atom is 0.257 e. The molecule has 104 valence electrons. The molecule has 0 aromatic carbocycles. The van der Waals surface area contributed by atoms with Crippen LogP contribution >= 0.6 is 38.6 Å². The van der Waals surface area contributed by atoms with Crippen molar-refractivity contribution < 1.29 is 9.59 Å². The van der Waals surface area contributed by atoms with Crippen LogP contribution in [0.15, 0.2) is 15.2 Å². The maximum absolute atomic E-state index is 12.2. The second-order valence-corrected chi connectivity index (χ2v) is 7.91. The van der Waals surface area contributed by atoms with Crippen LogP contribution in [0.3, 0.4) is 0 Å². The van der Waals surface area contributed by atoms with Crippen LogP contribution in [0.2, 0.25) is 0 Å². The lowest BCUT2D eigenvalue weighted by molar-refractivity contribution is 0.100. The minimum atomic E-state index is -0.466. The van der Waals surface area contributed by atoms with E-state index in [1.54, 1.807) is 11.4 Å². The van der Waals surface area contributed by atoms with Gasteiger partial charge in [-0.3, -0.25) is 9.59 Å². The molecular formula is C13H11BrN2O2S2. The van der Waals surface area contributed by atoms with E-state index in [9.17, 15) is 9.59 Å². The lowest BCUT2D eigenvalue weighted by Crippen LogP contribution is -2.17. The van der Waals surface area contributed by atoms with Gasteiger partial charge >= 0.3 is 0 Å². The molecule has 0 aliphatic heterocycles. The molecule has 0 bridgehead atoms. The van der Waals surface area contributed by atoms with Crippen molar-refractivity contribution in [3.8, 4) is 0 Å². The summed E-state index contributed by atoms with van der Waals surface area (Å²) < 4.78 is 0.895. The van der Waals surface area contributed by atoms with E-state index >= 15 is 0 Å². The number of carbonyl (C=O) groups excluding carboxylic acids is 2. The van der Waals surface area contributed by atoms with Crippen molar-refractivity contribution >= 4 is 55.4 Å². The molecule has 0 fully saturated rings. The van der Waals surface area contributed by atoms with E-state index in [-0.39, 0.29) is 5.91 Å². The number of nitrogens with one attached hydrogen (secondary N) is 1. The van der Waals surface area contributed by atoms with Gasteiger partial charge in [0, 0.05) is 10.3 Å². The molecule has 0 saturated heterocycles. The summed E-state index contributed by atoms with van der Waals surface area (Å²) in [4.78, 5) is 25.0. The second-order valence-electron chi connectivity index (χ2n) is 4.52. The Hall–Kier alpha value is -1.18. The highest BCUT2D eigenvalue weighted by atomic mass is 79.9. The van der Waals surface area contributed by atoms with Gasteiger partial charge in [-0.25, -0.2) is 0 Å². The zero-order valence-electron chi connectivity index (χ0n) is 10.4. The van der Waals surface area contributed by atoms with Crippen LogP contribution < -0.4 is 11.1 Å². The molecule has 0 atom stereocenters. The highest BCUT2D eigenvalue weighted by Gasteiger charge is 2.26. The highest BCUT2D eigenvalue weighted by molar-refractivity contribution is 9.11. The molecule has 0 unspecified atom stereocenters. The standard InChI is InChI=1S/C13H11BrN2O2S2/c14-9-4-6(5-19-9)12(18)16-13-10(11(15)17)7-2-1-3-8(7)20-13/h4-5H,1-3H2,(H2,15,17)(H,16,18). The summed E-state index contributed by atoms with van der Waals surface area (Å²) in [6, 6.07) is 1.76. The average molecular weight is 371 g/mol. The molecule has 2 aromatic heterocycles. The third kappa shape index (κ3) is 2.41. The number of thiophene rings is 2. The Labute approximate surface area is 132 Å². The molecule has 2 aromatic rings. The topological polar surface area (TPSA) is 72.2 Å². The van der Waals surface area contributed by atoms with Crippen molar-refractivity contribution in [2.24, 2.45) is 5.73 Å². The van der Waals surface area contributed by atoms with E-state index < -0.39 is 5.91 Å². The predicted octanol–water partition coefficient (Wildman–Crippen LogP) is 3.41. The Balaban J connectivity index is 1.91. The van der Waals surface area contributed by atoms with E-state index in [1.165, 1.54) is 27.6 Å². The van der Waals surface area contributed by atoms with Crippen molar-refractivity contribution in [2.45, 2.75) is 19.3 Å². The lowest BCUT2D eigenvalue weighted by atomic mass is 10.1. The number of anilines is 1. The fourth-order valence-electron chi connectivity index (χ4n) is 2.36. The van der Waals surface area contributed by atoms with Crippen LogP contribution in [0.1, 0.15) is 37.6 Å². The number of fused-ring (bicyclic) bond motifs is 1. The Kier molecular flexibility index (Phi) is 3.66. The quantitative estimate of drug-likeness (QED) is 0.868. The molecule has 2 heterocycles. The number of carbonyl (C=O) groups is 2. The molecule has 0 spiro atoms. The summed E-state index contributed by atoms with van der Waals surface area (Å²) in [5, 5.41) is 5.16. The Morgan fingerprint density at radius 2 is 2.15 bits per heavy atom. The average Bonchev–Trinajstić information content (AvgIpc) is 3.03. The lowest BCUT2D eigenvalue weighted by Gasteiger charge is -2.04. The summed E-state index contributed by atoms with van der Waals surface area (Å²) >= 11 is 6.24. The minimum absolute atomic E-state index is 0.214. The van der Waals surface area contributed by atoms with Gasteiger partial charge in [0.15, 0.2) is 0 Å². The van der Waals surface area contributed by atoms with Crippen LogP contribution in [0.25, 0.3) is 0 Å². The van der Waals surface area contributed by atoms with E-state index in [0.29, 0.717) is 16.1 Å². The molecule has 7 heteroatoms. The normalized spacial score (nSPS) is 13.2. The number of nitrogens with two attached hydrogens (primary N) is 1. The monoisotopic (exact) mass is 370 g/mol. The first-order chi connectivity index (χ1) is 9.56. The first-order valence-corrected chi connectivity index (χ1v) is 8.55. The highest BCUT2D eigenvalue weighted by Crippen LogP contribution is 2.39. The summed E-state index contributed by atoms with van der Waals surface area (Å²) in [7, 11) is 0. The number of hydrogen-bond donors (Lipinski definition) is 2. The van der Waals surface area contributed by atoms with Gasteiger partial charge in [-0.15, -0.1) is 22.7 Å². The van der Waals surface area contributed by atoms with Gasteiger partial charge in [0.2, 0.25) is 0 Å². The van der Waals surface area contributed by atoms with Crippen LogP contribution in [0.4, 0.5) is 5.00 Å². The van der Waals surface area contributed by atoms with Gasteiger partial charge in [-0.1, -0.05) is 0 Å². The summed E-state index contributed by atoms with van der Waals surface area (Å²) in [6.45, 7) is 0. The van der Waals surface area contributed by atoms with Gasteiger partial charge in [-0.05, 0) is 46.8 Å². The molecule has 1 aliphatic rings. The van der Waals surface area contributed by atoms with Gasteiger partial charge in [-0.2, -0.15) is 0 Å². The Bertz CT molecular complexity index is 705. The van der Waals surface area contributed by atoms with Crippen molar-refractivity contribution in [1.29, 1.82) is 0 Å². The first kappa shape index (κ1) is 13.8. The number of amides is 2. The Morgan fingerprint density at radius 3 is 2.80 bits per heavy atom. The molecule has 4 nitrogen and oxygen atoms in total. The van der Waals surface area contributed by atoms with Crippen LogP contribution in [0.5, 0.6) is 0 Å². The summed E-state index contributed by atoms with van der Waals surface area (Å²) in [5.41, 5.74) is 7.55. The van der Waals surface area contributed by atoms with Crippen LogP contribution in [0, 0.1) is 0 Å². The van der Waals surface area contributed by atoms with Crippen LogP contribution in [-0.2, 0) is 12.8 Å². The fraction of sp³-hybridized carbons (Fsp3) is 0.231. The number of primary amides is 1. The largest absolute Gasteiger partial charge is 0.365 e. The molecule has 20 heavy (non-hydrogen) atoms. The zero-order valence-corrected chi connectivity index (χ0v) is 13.6. The second kappa shape index (κ2) is 5.31. The van der Waals surface area contributed by atoms with Crippen molar-refractivity contribution in [3.63, 3.8) is 0 Å². The zero-order chi connectivity index (χ0) is 14.3. The Morgan fingerprint density at radius 1 is 1.35 bits per heavy atom. The molecule has 0 radical (unpaired) electrons. The molecule has 0 saturated carbocycles. The molecule has 3 rings (SSSR count). The molecule has 2 amide bonds. The smallest absolute Gasteiger partial charge is 0.257 e. The third-order valence-corrected chi connectivity index (χ3v) is 5.94. The number of aryl methyl sites for hydroxylation is 1. The van der Waals surface area contributed by atoms with Crippen LogP contribution in [-0.4, -0.2) is 11.8 Å². The first-order valence-electron chi connectivity index (χ1n) is 6.06. The maximum atomic E-state index is 12.2. The van der Waals surface area contributed by atoms with E-state index in [1.807, 2.05) is 0 Å². The van der Waals surface area contributed by atoms with Gasteiger partial charge < -0.3 is 11.1 Å². The summed E-state index contributed by atoms with van der Waals surface area (Å²) in [6.07, 6.45) is 2.87. The van der Waals surface area contributed by atoms with E-state index in [2.05, 4.69) is 21.2 Å². The molecular weight excluding hydrogens is 360 g/mol. The van der Waals surface area contributed by atoms with Crippen molar-refractivity contribution in [2.75, 3.05) is 5.32 Å². The molecule has 3 N–H and O–H groups in total. The third-order valence-electron chi connectivity index (χ3n) is 3.22. The minimum Gasteiger partial charge on any atom is -0.365 e. The number of halogens is 1. The van der Waals surface area contributed by atoms with E-state index in [0.717, 1.165) is 28.6 Å². The van der Waals surface area contributed by atoms with Gasteiger partial charge in [0.05, 0.1) is 14.9 Å². The predicted molar refractivity (Wildman–Crippen MR) is 84.8 cm³/mol. The van der Waals surface area contributed by atoms with Crippen molar-refractivity contribution in [1.82, 2.24) is 0 Å². The van der Waals surface area contributed by atoms with Crippen molar-refractivity contribution in [3.05, 3.63) is 36.8 Å². The van der Waals surface area contributed by atoms with E-state index in [4.69, 9.17) is 5.73 Å². The number of rotatable bonds is 3. The van der Waals surface area contributed by atoms with Gasteiger partial charge in [0.25, 0.3) is 11.8 Å². The fourth-order valence-corrected chi connectivity index (χ4v) is 4.78. The molecule has 1 aliphatic carbocycles. The SMILES string of the molecule is NC(=O)c1c(NC(=O)c2csc(Br)c2)sc2c1CCC2. The number of hydrogen-bond acceptors (Lipinski definition) is 4.